The lowest BCUT2D eigenvalue weighted by Gasteiger charge is -2.26. The fraction of sp³-hybridized carbons (Fsp3) is 0.750. The number of carbonyl (C=O) groups is 1. The Balaban J connectivity index is 1.93. The molecule has 5 nitrogen and oxygen atoms in total. The molecule has 1 saturated carbocycles. The van der Waals surface area contributed by atoms with Crippen LogP contribution in [0.25, 0.3) is 0 Å². The van der Waals surface area contributed by atoms with Gasteiger partial charge in [0.15, 0.2) is 0 Å². The summed E-state index contributed by atoms with van der Waals surface area (Å²) in [4.78, 5) is 12.8. The van der Waals surface area contributed by atoms with Crippen molar-refractivity contribution >= 4 is 17.4 Å². The predicted molar refractivity (Wildman–Crippen MR) is 71.6 cm³/mol. The Morgan fingerprint density at radius 3 is 2.83 bits per heavy atom. The number of rotatable bonds is 4. The molecule has 6 heteroatoms. The van der Waals surface area contributed by atoms with Crippen LogP contribution in [0.5, 0.6) is 0 Å². The lowest BCUT2D eigenvalue weighted by atomic mass is 9.92. The van der Waals surface area contributed by atoms with Crippen LogP contribution in [0.1, 0.15) is 54.4 Å². The lowest BCUT2D eigenvalue weighted by Crippen LogP contribution is -2.40. The van der Waals surface area contributed by atoms with Gasteiger partial charge in [-0.2, -0.15) is 0 Å². The third-order valence-corrected chi connectivity index (χ3v) is 4.12. The number of nitrogens with two attached hydrogens (primary N) is 1. The van der Waals surface area contributed by atoms with Gasteiger partial charge < -0.3 is 11.1 Å². The minimum atomic E-state index is -0.0195. The average molecular weight is 268 g/mol. The molecule has 18 heavy (non-hydrogen) atoms. The Morgan fingerprint density at radius 1 is 1.44 bits per heavy atom. The number of hydrogen-bond donors (Lipinski definition) is 2. The summed E-state index contributed by atoms with van der Waals surface area (Å²) in [6.07, 6.45) is 5.73. The van der Waals surface area contributed by atoms with Crippen LogP contribution in [0.15, 0.2) is 0 Å². The Bertz CT molecular complexity index is 399. The van der Waals surface area contributed by atoms with Crippen molar-refractivity contribution in [3.63, 3.8) is 0 Å². The molecule has 0 radical (unpaired) electrons. The van der Waals surface area contributed by atoms with Crippen LogP contribution in [-0.2, 0) is 6.42 Å². The van der Waals surface area contributed by atoms with Crippen molar-refractivity contribution in [2.75, 3.05) is 0 Å². The molecule has 2 rings (SSSR count). The maximum atomic E-state index is 12.1. The standard InChI is InChI=1S/C12H20N4OS/c1-2-3-10-11(18-16-15-10)12(17)14-9-6-4-8(13)5-7-9/h8-9H,2-7,13H2,1H3,(H,14,17). The number of hydrogen-bond acceptors (Lipinski definition) is 5. The maximum absolute atomic E-state index is 12.1. The highest BCUT2D eigenvalue weighted by Gasteiger charge is 2.23. The molecule has 0 bridgehead atoms. The van der Waals surface area contributed by atoms with Crippen LogP contribution in [0.2, 0.25) is 0 Å². The van der Waals surface area contributed by atoms with Crippen LogP contribution in [0.3, 0.4) is 0 Å². The van der Waals surface area contributed by atoms with E-state index in [0.717, 1.165) is 44.2 Å². The minimum absolute atomic E-state index is 0.0195. The summed E-state index contributed by atoms with van der Waals surface area (Å²) in [5.74, 6) is -0.0195. The Morgan fingerprint density at radius 2 is 2.17 bits per heavy atom. The molecule has 0 aliphatic heterocycles. The summed E-state index contributed by atoms with van der Waals surface area (Å²) in [6.45, 7) is 2.07. The molecule has 1 amide bonds. The third-order valence-electron chi connectivity index (χ3n) is 3.36. The highest BCUT2D eigenvalue weighted by Crippen LogP contribution is 2.19. The van der Waals surface area contributed by atoms with Gasteiger partial charge in [0, 0.05) is 12.1 Å². The summed E-state index contributed by atoms with van der Waals surface area (Å²) >= 11 is 1.19. The number of carbonyl (C=O) groups excluding carboxylic acids is 1. The van der Waals surface area contributed by atoms with Gasteiger partial charge in [-0.05, 0) is 43.6 Å². The minimum Gasteiger partial charge on any atom is -0.349 e. The molecule has 1 aromatic rings. The molecule has 1 aromatic heterocycles. The van der Waals surface area contributed by atoms with E-state index in [1.165, 1.54) is 11.5 Å². The molecule has 1 aliphatic carbocycles. The molecule has 0 saturated heterocycles. The maximum Gasteiger partial charge on any atom is 0.265 e. The van der Waals surface area contributed by atoms with Crippen molar-refractivity contribution in [1.29, 1.82) is 0 Å². The van der Waals surface area contributed by atoms with Crippen LogP contribution in [-0.4, -0.2) is 27.6 Å². The van der Waals surface area contributed by atoms with E-state index in [9.17, 15) is 4.79 Å². The van der Waals surface area contributed by atoms with Crippen molar-refractivity contribution in [2.45, 2.75) is 57.5 Å². The quantitative estimate of drug-likeness (QED) is 0.867. The molecule has 1 fully saturated rings. The van der Waals surface area contributed by atoms with Gasteiger partial charge in [0.1, 0.15) is 4.88 Å². The summed E-state index contributed by atoms with van der Waals surface area (Å²) in [5, 5.41) is 7.10. The highest BCUT2D eigenvalue weighted by molar-refractivity contribution is 7.08. The SMILES string of the molecule is CCCc1nnsc1C(=O)NC1CCC(N)CC1. The van der Waals surface area contributed by atoms with Gasteiger partial charge in [-0.15, -0.1) is 5.10 Å². The highest BCUT2D eigenvalue weighted by atomic mass is 32.1. The predicted octanol–water partition coefficient (Wildman–Crippen LogP) is 1.49. The third kappa shape index (κ3) is 3.26. The number of aryl methyl sites for hydroxylation is 1. The van der Waals surface area contributed by atoms with Gasteiger partial charge in [0.05, 0.1) is 5.69 Å². The smallest absolute Gasteiger partial charge is 0.265 e. The van der Waals surface area contributed by atoms with E-state index in [1.807, 2.05) is 0 Å². The van der Waals surface area contributed by atoms with Gasteiger partial charge >= 0.3 is 0 Å². The van der Waals surface area contributed by atoms with E-state index in [-0.39, 0.29) is 11.9 Å². The second-order valence-electron chi connectivity index (χ2n) is 4.88. The number of nitrogens with zero attached hydrogens (tertiary/aromatic N) is 2. The second kappa shape index (κ2) is 6.24. The van der Waals surface area contributed by atoms with Crippen molar-refractivity contribution in [3.05, 3.63) is 10.6 Å². The van der Waals surface area contributed by atoms with Crippen LogP contribution >= 0.6 is 11.5 Å². The van der Waals surface area contributed by atoms with Gasteiger partial charge in [0.2, 0.25) is 0 Å². The first-order chi connectivity index (χ1) is 8.70. The summed E-state index contributed by atoms with van der Waals surface area (Å²) in [5.41, 5.74) is 6.68. The number of aromatic nitrogens is 2. The largest absolute Gasteiger partial charge is 0.349 e. The molecule has 0 aromatic carbocycles. The van der Waals surface area contributed by atoms with Crippen LogP contribution in [0.4, 0.5) is 0 Å². The first-order valence-electron chi connectivity index (χ1n) is 6.58. The molecule has 0 unspecified atom stereocenters. The van der Waals surface area contributed by atoms with Crippen LogP contribution < -0.4 is 11.1 Å². The van der Waals surface area contributed by atoms with Crippen LogP contribution in [0, 0.1) is 0 Å². The van der Waals surface area contributed by atoms with Gasteiger partial charge in [-0.25, -0.2) is 0 Å². The molecular formula is C12H20N4OS. The molecule has 1 aliphatic rings. The summed E-state index contributed by atoms with van der Waals surface area (Å²) in [6, 6.07) is 0.563. The topological polar surface area (TPSA) is 80.9 Å². The van der Waals surface area contributed by atoms with E-state index in [1.54, 1.807) is 0 Å². The second-order valence-corrected chi connectivity index (χ2v) is 5.64. The molecular weight excluding hydrogens is 248 g/mol. The monoisotopic (exact) mass is 268 g/mol. The molecule has 100 valence electrons. The number of amides is 1. The zero-order valence-corrected chi connectivity index (χ0v) is 11.5. The van der Waals surface area contributed by atoms with Crippen molar-refractivity contribution < 1.29 is 4.79 Å². The Hall–Kier alpha value is -1.01. The Kier molecular flexibility index (Phi) is 4.66. The molecule has 1 heterocycles. The van der Waals surface area contributed by atoms with E-state index < -0.39 is 0 Å². The van der Waals surface area contributed by atoms with Crippen molar-refractivity contribution in [3.8, 4) is 0 Å². The zero-order valence-electron chi connectivity index (χ0n) is 10.7. The van der Waals surface area contributed by atoms with Gasteiger partial charge in [-0.3, -0.25) is 4.79 Å². The first kappa shape index (κ1) is 13.4. The van der Waals surface area contributed by atoms with E-state index >= 15 is 0 Å². The Labute approximate surface area is 111 Å². The zero-order chi connectivity index (χ0) is 13.0. The lowest BCUT2D eigenvalue weighted by molar-refractivity contribution is 0.0929. The summed E-state index contributed by atoms with van der Waals surface area (Å²) in [7, 11) is 0. The van der Waals surface area contributed by atoms with Gasteiger partial charge in [-0.1, -0.05) is 17.8 Å². The van der Waals surface area contributed by atoms with Crippen molar-refractivity contribution in [1.82, 2.24) is 14.9 Å². The van der Waals surface area contributed by atoms with E-state index in [4.69, 9.17) is 5.73 Å². The van der Waals surface area contributed by atoms with E-state index in [2.05, 4.69) is 21.8 Å². The first-order valence-corrected chi connectivity index (χ1v) is 7.35. The van der Waals surface area contributed by atoms with Crippen molar-refractivity contribution in [2.24, 2.45) is 5.73 Å². The molecule has 0 atom stereocenters. The normalized spacial score (nSPS) is 23.9. The van der Waals surface area contributed by atoms with E-state index in [0.29, 0.717) is 10.9 Å². The number of nitrogens with one attached hydrogen (secondary N) is 1. The molecule has 3 N–H and O–H groups in total. The fourth-order valence-corrected chi connectivity index (χ4v) is 2.91. The van der Waals surface area contributed by atoms with Gasteiger partial charge in [0.25, 0.3) is 5.91 Å². The fourth-order valence-electron chi connectivity index (χ4n) is 2.30. The summed E-state index contributed by atoms with van der Waals surface area (Å²) < 4.78 is 3.88. The molecule has 0 spiro atoms. The average Bonchev–Trinajstić information content (AvgIpc) is 2.81.